The summed E-state index contributed by atoms with van der Waals surface area (Å²) in [4.78, 5) is 0. The van der Waals surface area contributed by atoms with Crippen molar-refractivity contribution < 1.29 is 0 Å². The maximum absolute atomic E-state index is 3.60. The highest BCUT2D eigenvalue weighted by molar-refractivity contribution is 9.10. The van der Waals surface area contributed by atoms with Crippen molar-refractivity contribution in [2.24, 2.45) is 0 Å². The molecule has 1 aromatic carbocycles. The van der Waals surface area contributed by atoms with Crippen LogP contribution in [0.2, 0.25) is 0 Å². The molecule has 0 N–H and O–H groups in total. The molecule has 0 aromatic heterocycles. The molecular formula is C15H19Br. The van der Waals surface area contributed by atoms with Gasteiger partial charge < -0.3 is 0 Å². The number of unbranched alkanes of at least 4 members (excludes halogenated alkanes) is 3. The molecule has 0 heterocycles. The standard InChI is InChI=1S/C15H19Br/c1-2-3-4-5-7-12-10-14(16)11-13-8-6-9-15(12)13/h6,8,10-11H,2-5,7,9H2,1H3. The Hall–Kier alpha value is -0.560. The molecule has 1 aromatic rings. The van der Waals surface area contributed by atoms with Crippen molar-refractivity contribution in [2.45, 2.75) is 45.4 Å². The Bertz CT molecular complexity index is 391. The van der Waals surface area contributed by atoms with E-state index in [1.54, 1.807) is 11.1 Å². The van der Waals surface area contributed by atoms with E-state index in [1.165, 1.54) is 42.1 Å². The second-order valence-corrected chi connectivity index (χ2v) is 5.47. The number of allylic oxidation sites excluding steroid dienone is 1. The van der Waals surface area contributed by atoms with Gasteiger partial charge in [0.15, 0.2) is 0 Å². The minimum atomic E-state index is 1.13. The molecule has 1 aliphatic carbocycles. The SMILES string of the molecule is CCCCCCc1cc(Br)cc2c1CC=C2. The Morgan fingerprint density at radius 1 is 1.19 bits per heavy atom. The zero-order valence-corrected chi connectivity index (χ0v) is 11.5. The van der Waals surface area contributed by atoms with Crippen LogP contribution >= 0.6 is 15.9 Å². The third-order valence-electron chi connectivity index (χ3n) is 3.26. The Kier molecular flexibility index (Phi) is 4.22. The fourth-order valence-corrected chi connectivity index (χ4v) is 2.91. The Morgan fingerprint density at radius 2 is 2.06 bits per heavy atom. The van der Waals surface area contributed by atoms with Gasteiger partial charge in [-0.3, -0.25) is 0 Å². The van der Waals surface area contributed by atoms with Crippen LogP contribution in [0.25, 0.3) is 6.08 Å². The maximum atomic E-state index is 3.60. The second-order valence-electron chi connectivity index (χ2n) is 4.55. The van der Waals surface area contributed by atoms with Gasteiger partial charge in [-0.25, -0.2) is 0 Å². The van der Waals surface area contributed by atoms with Crippen molar-refractivity contribution in [1.29, 1.82) is 0 Å². The summed E-state index contributed by atoms with van der Waals surface area (Å²) in [5, 5.41) is 0. The number of rotatable bonds is 5. The van der Waals surface area contributed by atoms with E-state index in [0.29, 0.717) is 0 Å². The zero-order chi connectivity index (χ0) is 11.4. The van der Waals surface area contributed by atoms with Gasteiger partial charge >= 0.3 is 0 Å². The first-order valence-electron chi connectivity index (χ1n) is 6.29. The summed E-state index contributed by atoms with van der Waals surface area (Å²) in [6.07, 6.45) is 12.3. The minimum absolute atomic E-state index is 1.13. The van der Waals surface area contributed by atoms with E-state index < -0.39 is 0 Å². The van der Waals surface area contributed by atoms with Gasteiger partial charge in [0, 0.05) is 4.47 Å². The molecule has 16 heavy (non-hydrogen) atoms. The lowest BCUT2D eigenvalue weighted by Crippen LogP contribution is -1.94. The zero-order valence-electron chi connectivity index (χ0n) is 9.93. The first kappa shape index (κ1) is 11.9. The number of aryl methyl sites for hydroxylation is 1. The lowest BCUT2D eigenvalue weighted by atomic mass is 9.98. The minimum Gasteiger partial charge on any atom is -0.0795 e. The van der Waals surface area contributed by atoms with E-state index in [0.717, 1.165) is 6.42 Å². The molecule has 0 bridgehead atoms. The average molecular weight is 279 g/mol. The number of benzene rings is 1. The van der Waals surface area contributed by atoms with Crippen LogP contribution in [0.15, 0.2) is 22.7 Å². The van der Waals surface area contributed by atoms with Gasteiger partial charge in [0.1, 0.15) is 0 Å². The third kappa shape index (κ3) is 2.76. The fourth-order valence-electron chi connectivity index (χ4n) is 2.38. The molecule has 0 amide bonds. The number of fused-ring (bicyclic) bond motifs is 1. The molecule has 1 heteroatoms. The summed E-state index contributed by atoms with van der Waals surface area (Å²) in [5.74, 6) is 0. The first-order chi connectivity index (χ1) is 7.81. The summed E-state index contributed by atoms with van der Waals surface area (Å²) in [6.45, 7) is 2.26. The van der Waals surface area contributed by atoms with E-state index in [4.69, 9.17) is 0 Å². The Labute approximate surface area is 107 Å². The van der Waals surface area contributed by atoms with Crippen molar-refractivity contribution in [3.63, 3.8) is 0 Å². The molecule has 0 radical (unpaired) electrons. The summed E-state index contributed by atoms with van der Waals surface area (Å²) < 4.78 is 1.23. The van der Waals surface area contributed by atoms with Crippen LogP contribution < -0.4 is 0 Å². The second kappa shape index (κ2) is 5.67. The van der Waals surface area contributed by atoms with Gasteiger partial charge in [0.05, 0.1) is 0 Å². The molecular weight excluding hydrogens is 260 g/mol. The molecule has 0 unspecified atom stereocenters. The highest BCUT2D eigenvalue weighted by atomic mass is 79.9. The van der Waals surface area contributed by atoms with E-state index in [2.05, 4.69) is 47.1 Å². The quantitative estimate of drug-likeness (QED) is 0.654. The lowest BCUT2D eigenvalue weighted by Gasteiger charge is -2.09. The summed E-state index contributed by atoms with van der Waals surface area (Å²) >= 11 is 3.60. The topological polar surface area (TPSA) is 0 Å². The molecule has 0 saturated heterocycles. The normalized spacial score (nSPS) is 13.1. The predicted octanol–water partition coefficient (Wildman–Crippen LogP) is 5.14. The molecule has 0 aliphatic heterocycles. The molecule has 0 saturated carbocycles. The van der Waals surface area contributed by atoms with Crippen LogP contribution in [0.5, 0.6) is 0 Å². The van der Waals surface area contributed by atoms with E-state index in [-0.39, 0.29) is 0 Å². The van der Waals surface area contributed by atoms with Crippen molar-refractivity contribution in [3.8, 4) is 0 Å². The highest BCUT2D eigenvalue weighted by Crippen LogP contribution is 2.28. The van der Waals surface area contributed by atoms with Crippen molar-refractivity contribution in [3.05, 3.63) is 39.4 Å². The molecule has 1 aliphatic rings. The molecule has 2 rings (SSSR count). The van der Waals surface area contributed by atoms with Crippen LogP contribution in [0, 0.1) is 0 Å². The van der Waals surface area contributed by atoms with Gasteiger partial charge in [-0.15, -0.1) is 0 Å². The Balaban J connectivity index is 2.04. The summed E-state index contributed by atoms with van der Waals surface area (Å²) in [7, 11) is 0. The Morgan fingerprint density at radius 3 is 2.88 bits per heavy atom. The van der Waals surface area contributed by atoms with Crippen LogP contribution in [0.3, 0.4) is 0 Å². The van der Waals surface area contributed by atoms with Crippen molar-refractivity contribution in [1.82, 2.24) is 0 Å². The predicted molar refractivity (Wildman–Crippen MR) is 74.7 cm³/mol. The van der Waals surface area contributed by atoms with Gasteiger partial charge in [-0.1, -0.05) is 54.3 Å². The smallest absolute Gasteiger partial charge is 0.0184 e. The van der Waals surface area contributed by atoms with Crippen LogP contribution in [-0.4, -0.2) is 0 Å². The molecule has 86 valence electrons. The van der Waals surface area contributed by atoms with E-state index in [9.17, 15) is 0 Å². The molecule has 0 atom stereocenters. The largest absolute Gasteiger partial charge is 0.0795 e. The molecule has 0 nitrogen and oxygen atoms in total. The summed E-state index contributed by atoms with van der Waals surface area (Å²) in [6, 6.07) is 4.53. The van der Waals surface area contributed by atoms with Gasteiger partial charge in [-0.05, 0) is 48.1 Å². The van der Waals surface area contributed by atoms with Gasteiger partial charge in [0.2, 0.25) is 0 Å². The monoisotopic (exact) mass is 278 g/mol. The van der Waals surface area contributed by atoms with Crippen molar-refractivity contribution >= 4 is 22.0 Å². The molecule has 0 fully saturated rings. The number of hydrogen-bond acceptors (Lipinski definition) is 0. The van der Waals surface area contributed by atoms with Gasteiger partial charge in [0.25, 0.3) is 0 Å². The van der Waals surface area contributed by atoms with Crippen LogP contribution in [0.1, 0.15) is 49.3 Å². The maximum Gasteiger partial charge on any atom is 0.0184 e. The fraction of sp³-hybridized carbons (Fsp3) is 0.467. The van der Waals surface area contributed by atoms with E-state index >= 15 is 0 Å². The number of halogens is 1. The number of hydrogen-bond donors (Lipinski definition) is 0. The first-order valence-corrected chi connectivity index (χ1v) is 7.08. The van der Waals surface area contributed by atoms with Crippen LogP contribution in [0.4, 0.5) is 0 Å². The lowest BCUT2D eigenvalue weighted by molar-refractivity contribution is 0.665. The highest BCUT2D eigenvalue weighted by Gasteiger charge is 2.11. The third-order valence-corrected chi connectivity index (χ3v) is 3.72. The average Bonchev–Trinajstić information content (AvgIpc) is 2.72. The summed E-state index contributed by atoms with van der Waals surface area (Å²) in [5.41, 5.74) is 4.52. The van der Waals surface area contributed by atoms with Crippen molar-refractivity contribution in [2.75, 3.05) is 0 Å². The van der Waals surface area contributed by atoms with E-state index in [1.807, 2.05) is 0 Å². The molecule has 0 spiro atoms. The van der Waals surface area contributed by atoms with Gasteiger partial charge in [-0.2, -0.15) is 0 Å². The van der Waals surface area contributed by atoms with Crippen LogP contribution in [-0.2, 0) is 12.8 Å².